The predicted molar refractivity (Wildman–Crippen MR) is 84.9 cm³/mol. The lowest BCUT2D eigenvalue weighted by atomic mass is 9.82. The van der Waals surface area contributed by atoms with Crippen LogP contribution in [0.4, 0.5) is 0 Å². The Kier molecular flexibility index (Phi) is 10.9. The Morgan fingerprint density at radius 2 is 1.33 bits per heavy atom. The van der Waals surface area contributed by atoms with E-state index in [0.717, 1.165) is 23.7 Å². The Balaban J connectivity index is 3.95. The van der Waals surface area contributed by atoms with Crippen LogP contribution in [0.5, 0.6) is 0 Å². The number of unbranched alkanes of at least 4 members (excludes halogenated alkanes) is 1. The van der Waals surface area contributed by atoms with E-state index in [0.29, 0.717) is 0 Å². The summed E-state index contributed by atoms with van der Waals surface area (Å²) in [5.41, 5.74) is 0. The van der Waals surface area contributed by atoms with Gasteiger partial charge >= 0.3 is 0 Å². The molecule has 0 N–H and O–H groups in total. The second kappa shape index (κ2) is 10.9. The van der Waals surface area contributed by atoms with Crippen LogP contribution < -0.4 is 0 Å². The van der Waals surface area contributed by atoms with Crippen LogP contribution in [0, 0.1) is 23.7 Å². The van der Waals surface area contributed by atoms with Crippen molar-refractivity contribution in [3.05, 3.63) is 0 Å². The zero-order chi connectivity index (χ0) is 14.0. The van der Waals surface area contributed by atoms with Crippen molar-refractivity contribution >= 4 is 0 Å². The quantitative estimate of drug-likeness (QED) is 0.385. The number of hydrogen-bond acceptors (Lipinski definition) is 0. The molecule has 0 saturated heterocycles. The molecule has 0 bridgehead atoms. The lowest BCUT2D eigenvalue weighted by Gasteiger charge is -2.24. The van der Waals surface area contributed by atoms with Gasteiger partial charge in [0.25, 0.3) is 0 Å². The molecule has 3 unspecified atom stereocenters. The Morgan fingerprint density at radius 3 is 1.83 bits per heavy atom. The van der Waals surface area contributed by atoms with Crippen LogP contribution in [-0.4, -0.2) is 0 Å². The molecule has 0 heterocycles. The predicted octanol–water partition coefficient (Wildman–Crippen LogP) is 6.69. The standard InChI is InChI=1S/C18H38/c1-7-9-11-16(5)13-17(6)14-18(10-8-2)12-15(3)4/h15-18H,7-14H2,1-6H3. The molecule has 0 amide bonds. The van der Waals surface area contributed by atoms with Crippen molar-refractivity contribution in [2.24, 2.45) is 23.7 Å². The van der Waals surface area contributed by atoms with Crippen molar-refractivity contribution in [2.75, 3.05) is 0 Å². The van der Waals surface area contributed by atoms with E-state index in [1.165, 1.54) is 51.4 Å². The Hall–Kier alpha value is 0. The monoisotopic (exact) mass is 254 g/mol. The zero-order valence-corrected chi connectivity index (χ0v) is 14.0. The van der Waals surface area contributed by atoms with Gasteiger partial charge in [-0.05, 0) is 42.9 Å². The molecule has 0 aromatic carbocycles. The van der Waals surface area contributed by atoms with E-state index in [9.17, 15) is 0 Å². The van der Waals surface area contributed by atoms with E-state index in [1.807, 2.05) is 0 Å². The van der Waals surface area contributed by atoms with Gasteiger partial charge in [-0.15, -0.1) is 0 Å². The molecule has 3 atom stereocenters. The molecule has 0 aromatic rings. The molecular formula is C18H38. The SMILES string of the molecule is CCCCC(C)CC(C)CC(CCC)CC(C)C. The highest BCUT2D eigenvalue weighted by atomic mass is 14.2. The Morgan fingerprint density at radius 1 is 0.667 bits per heavy atom. The third-order valence-corrected chi connectivity index (χ3v) is 4.09. The lowest BCUT2D eigenvalue weighted by Crippen LogP contribution is -2.12. The highest BCUT2D eigenvalue weighted by Crippen LogP contribution is 2.28. The van der Waals surface area contributed by atoms with Crippen molar-refractivity contribution in [3.63, 3.8) is 0 Å². The fourth-order valence-corrected chi connectivity index (χ4v) is 3.43. The smallest absolute Gasteiger partial charge is 0.0409 e. The van der Waals surface area contributed by atoms with Crippen LogP contribution in [0.15, 0.2) is 0 Å². The summed E-state index contributed by atoms with van der Waals surface area (Å²) < 4.78 is 0. The highest BCUT2D eigenvalue weighted by molar-refractivity contribution is 4.67. The van der Waals surface area contributed by atoms with E-state index < -0.39 is 0 Å². The van der Waals surface area contributed by atoms with Crippen LogP contribution in [-0.2, 0) is 0 Å². The second-order valence-electron chi connectivity index (χ2n) is 7.11. The second-order valence-corrected chi connectivity index (χ2v) is 7.11. The first-order chi connectivity index (χ1) is 8.49. The van der Waals surface area contributed by atoms with Gasteiger partial charge in [0.1, 0.15) is 0 Å². The minimum atomic E-state index is 0.867. The molecule has 0 rings (SSSR count). The summed E-state index contributed by atoms with van der Waals surface area (Å²) in [6, 6.07) is 0. The lowest BCUT2D eigenvalue weighted by molar-refractivity contribution is 0.278. The molecule has 0 heteroatoms. The van der Waals surface area contributed by atoms with Gasteiger partial charge in [0, 0.05) is 0 Å². The molecule has 110 valence electrons. The van der Waals surface area contributed by atoms with Crippen molar-refractivity contribution in [1.29, 1.82) is 0 Å². The van der Waals surface area contributed by atoms with Gasteiger partial charge in [0.2, 0.25) is 0 Å². The van der Waals surface area contributed by atoms with Gasteiger partial charge in [-0.2, -0.15) is 0 Å². The molecule has 0 nitrogen and oxygen atoms in total. The van der Waals surface area contributed by atoms with E-state index >= 15 is 0 Å². The van der Waals surface area contributed by atoms with Crippen LogP contribution in [0.1, 0.15) is 92.9 Å². The first kappa shape index (κ1) is 18.0. The van der Waals surface area contributed by atoms with Crippen LogP contribution in [0.25, 0.3) is 0 Å². The molecule has 0 fully saturated rings. The Bertz CT molecular complexity index is 171. The average molecular weight is 255 g/mol. The summed E-state index contributed by atoms with van der Waals surface area (Å²) in [6.45, 7) is 14.3. The van der Waals surface area contributed by atoms with Gasteiger partial charge in [0.05, 0.1) is 0 Å². The maximum absolute atomic E-state index is 2.48. The molecule has 0 spiro atoms. The maximum atomic E-state index is 2.48. The molecule has 0 aliphatic rings. The molecule has 0 aliphatic heterocycles. The zero-order valence-electron chi connectivity index (χ0n) is 14.0. The van der Waals surface area contributed by atoms with E-state index in [4.69, 9.17) is 0 Å². The Labute approximate surface area is 117 Å². The minimum Gasteiger partial charge on any atom is -0.0654 e. The number of rotatable bonds is 11. The fourth-order valence-electron chi connectivity index (χ4n) is 3.43. The topological polar surface area (TPSA) is 0 Å². The first-order valence-corrected chi connectivity index (χ1v) is 8.49. The van der Waals surface area contributed by atoms with Crippen LogP contribution in [0.3, 0.4) is 0 Å². The highest BCUT2D eigenvalue weighted by Gasteiger charge is 2.16. The summed E-state index contributed by atoms with van der Waals surface area (Å²) >= 11 is 0. The molecule has 0 saturated carbocycles. The van der Waals surface area contributed by atoms with Crippen molar-refractivity contribution in [1.82, 2.24) is 0 Å². The molecular weight excluding hydrogens is 216 g/mol. The number of hydrogen-bond donors (Lipinski definition) is 0. The van der Waals surface area contributed by atoms with Gasteiger partial charge in [-0.25, -0.2) is 0 Å². The third-order valence-electron chi connectivity index (χ3n) is 4.09. The van der Waals surface area contributed by atoms with Crippen molar-refractivity contribution < 1.29 is 0 Å². The van der Waals surface area contributed by atoms with Crippen molar-refractivity contribution in [2.45, 2.75) is 92.9 Å². The van der Waals surface area contributed by atoms with Crippen molar-refractivity contribution in [3.8, 4) is 0 Å². The summed E-state index contributed by atoms with van der Waals surface area (Å²) in [5, 5.41) is 0. The molecule has 18 heavy (non-hydrogen) atoms. The maximum Gasteiger partial charge on any atom is -0.0409 e. The van der Waals surface area contributed by atoms with Gasteiger partial charge in [0.15, 0.2) is 0 Å². The summed E-state index contributed by atoms with van der Waals surface area (Å²) in [7, 11) is 0. The van der Waals surface area contributed by atoms with E-state index in [-0.39, 0.29) is 0 Å². The summed E-state index contributed by atoms with van der Waals surface area (Å²) in [4.78, 5) is 0. The fraction of sp³-hybridized carbons (Fsp3) is 1.00. The first-order valence-electron chi connectivity index (χ1n) is 8.49. The molecule has 0 aliphatic carbocycles. The largest absolute Gasteiger partial charge is 0.0654 e. The van der Waals surface area contributed by atoms with Crippen LogP contribution in [0.2, 0.25) is 0 Å². The van der Waals surface area contributed by atoms with E-state index in [1.54, 1.807) is 0 Å². The average Bonchev–Trinajstić information content (AvgIpc) is 2.25. The van der Waals surface area contributed by atoms with Crippen LogP contribution >= 0.6 is 0 Å². The normalized spacial score (nSPS) is 16.8. The van der Waals surface area contributed by atoms with Gasteiger partial charge in [-0.3, -0.25) is 0 Å². The molecule has 0 radical (unpaired) electrons. The summed E-state index contributed by atoms with van der Waals surface area (Å²) in [6.07, 6.45) is 11.3. The van der Waals surface area contributed by atoms with Gasteiger partial charge in [-0.1, -0.05) is 73.6 Å². The molecule has 0 aromatic heterocycles. The third kappa shape index (κ3) is 9.97. The van der Waals surface area contributed by atoms with Gasteiger partial charge < -0.3 is 0 Å². The van der Waals surface area contributed by atoms with E-state index in [2.05, 4.69) is 41.5 Å². The summed E-state index contributed by atoms with van der Waals surface area (Å²) in [5.74, 6) is 3.70. The minimum absolute atomic E-state index is 0.867.